The number of rotatable bonds is 3. The topological polar surface area (TPSA) is 43.6 Å². The summed E-state index contributed by atoms with van der Waals surface area (Å²) in [6.45, 7) is 0.567. The summed E-state index contributed by atoms with van der Waals surface area (Å²) in [5.41, 5.74) is 0.889. The zero-order valence-corrected chi connectivity index (χ0v) is 12.0. The van der Waals surface area contributed by atoms with Gasteiger partial charge in [0, 0.05) is 15.5 Å². The van der Waals surface area contributed by atoms with Gasteiger partial charge in [0.1, 0.15) is 0 Å². The average Bonchev–Trinajstić information content (AvgIpc) is 3.00. The van der Waals surface area contributed by atoms with Crippen LogP contribution >= 0.6 is 34.5 Å². The van der Waals surface area contributed by atoms with E-state index in [4.69, 9.17) is 23.2 Å². The van der Waals surface area contributed by atoms with Gasteiger partial charge in [0.05, 0.1) is 10.9 Å². The maximum atomic E-state index is 5.88. The molecule has 3 rings (SSSR count). The summed E-state index contributed by atoms with van der Waals surface area (Å²) in [4.78, 5) is 2.64. The van der Waals surface area contributed by atoms with Crippen LogP contribution in [0.5, 0.6) is 0 Å². The lowest BCUT2D eigenvalue weighted by Crippen LogP contribution is -2.02. The molecule has 0 spiro atoms. The molecule has 7 heteroatoms. The lowest BCUT2D eigenvalue weighted by molar-refractivity contribution is 0.578. The van der Waals surface area contributed by atoms with Crippen molar-refractivity contribution in [3.05, 3.63) is 50.6 Å². The smallest absolute Gasteiger partial charge is 0.159 e. The third-order valence-electron chi connectivity index (χ3n) is 2.48. The molecule has 0 radical (unpaired) electrons. The van der Waals surface area contributed by atoms with Gasteiger partial charge in [-0.2, -0.15) is 4.80 Å². The largest absolute Gasteiger partial charge is 0.204 e. The van der Waals surface area contributed by atoms with E-state index < -0.39 is 0 Å². The molecule has 0 bridgehead atoms. The van der Waals surface area contributed by atoms with Gasteiger partial charge in [-0.3, -0.25) is 0 Å². The Morgan fingerprint density at radius 3 is 2.53 bits per heavy atom. The molecule has 0 aliphatic rings. The molecule has 0 aliphatic carbocycles. The maximum absolute atomic E-state index is 5.88. The SMILES string of the molecule is Clc1ccc(-c2nnn(Cc3ccc(Cl)s3)n2)cc1. The first-order valence-corrected chi connectivity index (χ1v) is 7.06. The van der Waals surface area contributed by atoms with Crippen LogP contribution < -0.4 is 0 Å². The zero-order chi connectivity index (χ0) is 13.2. The van der Waals surface area contributed by atoms with Gasteiger partial charge < -0.3 is 0 Å². The molecule has 4 nitrogen and oxygen atoms in total. The molecule has 0 amide bonds. The van der Waals surface area contributed by atoms with E-state index in [1.807, 2.05) is 24.3 Å². The molecule has 0 saturated heterocycles. The maximum Gasteiger partial charge on any atom is 0.204 e. The van der Waals surface area contributed by atoms with Crippen LogP contribution in [0.3, 0.4) is 0 Å². The van der Waals surface area contributed by atoms with E-state index in [-0.39, 0.29) is 0 Å². The zero-order valence-electron chi connectivity index (χ0n) is 9.62. The number of halogens is 2. The highest BCUT2D eigenvalue weighted by Crippen LogP contribution is 2.22. The second-order valence-corrected chi connectivity index (χ2v) is 6.09. The molecule has 1 aromatic carbocycles. The quantitative estimate of drug-likeness (QED) is 0.740. The molecular formula is C12H8Cl2N4S. The highest BCUT2D eigenvalue weighted by atomic mass is 35.5. The van der Waals surface area contributed by atoms with E-state index in [1.54, 1.807) is 16.9 Å². The molecular weight excluding hydrogens is 303 g/mol. The van der Waals surface area contributed by atoms with Crippen LogP contribution in [0.15, 0.2) is 36.4 Å². The van der Waals surface area contributed by atoms with Crippen molar-refractivity contribution in [3.63, 3.8) is 0 Å². The van der Waals surface area contributed by atoms with Crippen molar-refractivity contribution in [3.8, 4) is 11.4 Å². The third-order valence-corrected chi connectivity index (χ3v) is 3.95. The van der Waals surface area contributed by atoms with Gasteiger partial charge in [0.2, 0.25) is 5.82 Å². The van der Waals surface area contributed by atoms with E-state index >= 15 is 0 Å². The molecule has 0 fully saturated rings. The van der Waals surface area contributed by atoms with Crippen molar-refractivity contribution in [2.45, 2.75) is 6.54 Å². The molecule has 3 aromatic rings. The van der Waals surface area contributed by atoms with Crippen LogP contribution in [0.4, 0.5) is 0 Å². The van der Waals surface area contributed by atoms with Crippen molar-refractivity contribution in [1.82, 2.24) is 20.2 Å². The van der Waals surface area contributed by atoms with Crippen LogP contribution in [0.1, 0.15) is 4.88 Å². The summed E-state index contributed by atoms with van der Waals surface area (Å²) in [6.07, 6.45) is 0. The number of hydrogen-bond acceptors (Lipinski definition) is 4. The number of tetrazole rings is 1. The van der Waals surface area contributed by atoms with Crippen molar-refractivity contribution in [1.29, 1.82) is 0 Å². The van der Waals surface area contributed by atoms with Crippen molar-refractivity contribution >= 4 is 34.5 Å². The van der Waals surface area contributed by atoms with Crippen LogP contribution in [0.2, 0.25) is 9.36 Å². The fourth-order valence-electron chi connectivity index (χ4n) is 1.60. The minimum Gasteiger partial charge on any atom is -0.159 e. The Morgan fingerprint density at radius 1 is 1.05 bits per heavy atom. The molecule has 2 aromatic heterocycles. The van der Waals surface area contributed by atoms with Crippen molar-refractivity contribution in [2.75, 3.05) is 0 Å². The second kappa shape index (κ2) is 5.28. The first-order valence-electron chi connectivity index (χ1n) is 5.49. The Bertz CT molecular complexity index is 690. The fourth-order valence-corrected chi connectivity index (χ4v) is 2.79. The van der Waals surface area contributed by atoms with Crippen LogP contribution in [0.25, 0.3) is 11.4 Å². The van der Waals surface area contributed by atoms with Gasteiger partial charge in [-0.25, -0.2) is 0 Å². The predicted octanol–water partition coefficient (Wildman–Crippen LogP) is 3.76. The minimum absolute atomic E-state index is 0.567. The van der Waals surface area contributed by atoms with Crippen molar-refractivity contribution < 1.29 is 0 Å². The Balaban J connectivity index is 1.81. The van der Waals surface area contributed by atoms with Gasteiger partial charge >= 0.3 is 0 Å². The number of nitrogens with zero attached hydrogens (tertiary/aromatic N) is 4. The molecule has 19 heavy (non-hydrogen) atoms. The van der Waals surface area contributed by atoms with E-state index in [2.05, 4.69) is 15.4 Å². The summed E-state index contributed by atoms with van der Waals surface area (Å²) >= 11 is 13.2. The molecule has 0 atom stereocenters. The number of thiophene rings is 1. The minimum atomic E-state index is 0.567. The molecule has 0 N–H and O–H groups in total. The highest BCUT2D eigenvalue weighted by molar-refractivity contribution is 7.16. The summed E-state index contributed by atoms with van der Waals surface area (Å²) in [7, 11) is 0. The van der Waals surface area contributed by atoms with E-state index in [1.165, 1.54) is 11.3 Å². The van der Waals surface area contributed by atoms with Gasteiger partial charge in [-0.15, -0.1) is 21.5 Å². The van der Waals surface area contributed by atoms with Gasteiger partial charge in [0.25, 0.3) is 0 Å². The summed E-state index contributed by atoms with van der Waals surface area (Å²) in [5, 5.41) is 13.1. The first kappa shape index (κ1) is 12.6. The average molecular weight is 311 g/mol. The third kappa shape index (κ3) is 2.94. The molecule has 2 heterocycles. The first-order chi connectivity index (χ1) is 9.20. The molecule has 0 unspecified atom stereocenters. The highest BCUT2D eigenvalue weighted by Gasteiger charge is 2.07. The van der Waals surface area contributed by atoms with Gasteiger partial charge in [-0.05, 0) is 41.6 Å². The lowest BCUT2D eigenvalue weighted by Gasteiger charge is -1.95. The number of hydrogen-bond donors (Lipinski definition) is 0. The van der Waals surface area contributed by atoms with E-state index in [9.17, 15) is 0 Å². The van der Waals surface area contributed by atoms with E-state index in [0.29, 0.717) is 17.4 Å². The standard InChI is InChI=1S/C12H8Cl2N4S/c13-9-3-1-8(2-4-9)12-15-17-18(16-12)7-10-5-6-11(14)19-10/h1-6H,7H2. The Morgan fingerprint density at radius 2 is 1.84 bits per heavy atom. The Kier molecular flexibility index (Phi) is 3.50. The number of benzene rings is 1. The fraction of sp³-hybridized carbons (Fsp3) is 0.0833. The number of aromatic nitrogens is 4. The summed E-state index contributed by atoms with van der Waals surface area (Å²) in [5.74, 6) is 0.583. The Labute approximate surface area is 123 Å². The molecule has 96 valence electrons. The molecule has 0 saturated carbocycles. The Hall–Kier alpha value is -1.43. The normalized spacial score (nSPS) is 10.8. The molecule has 0 aliphatic heterocycles. The van der Waals surface area contributed by atoms with Crippen LogP contribution in [0, 0.1) is 0 Å². The second-order valence-electron chi connectivity index (χ2n) is 3.86. The van der Waals surface area contributed by atoms with Gasteiger partial charge in [-0.1, -0.05) is 23.2 Å². The van der Waals surface area contributed by atoms with Crippen LogP contribution in [-0.2, 0) is 6.54 Å². The monoisotopic (exact) mass is 310 g/mol. The van der Waals surface area contributed by atoms with Gasteiger partial charge in [0.15, 0.2) is 0 Å². The van der Waals surface area contributed by atoms with Crippen molar-refractivity contribution in [2.24, 2.45) is 0 Å². The predicted molar refractivity (Wildman–Crippen MR) is 76.7 cm³/mol. The lowest BCUT2D eigenvalue weighted by atomic mass is 10.2. The summed E-state index contributed by atoms with van der Waals surface area (Å²) in [6, 6.07) is 11.2. The summed E-state index contributed by atoms with van der Waals surface area (Å²) < 4.78 is 0.757. The van der Waals surface area contributed by atoms with Crippen LogP contribution in [-0.4, -0.2) is 20.2 Å². The van der Waals surface area contributed by atoms with E-state index in [0.717, 1.165) is 14.8 Å².